The fraction of sp³-hybridized carbons (Fsp3) is 0.222. The smallest absolute Gasteiger partial charge is 0.335 e. The van der Waals surface area contributed by atoms with Gasteiger partial charge in [-0.3, -0.25) is 14.3 Å². The normalized spacial score (nSPS) is 14.7. The maximum absolute atomic E-state index is 12.8. The number of anilines is 1. The monoisotopic (exact) mass is 404 g/mol. The molecule has 3 aromatic rings. The van der Waals surface area contributed by atoms with Crippen molar-refractivity contribution < 1.29 is 22.8 Å². The van der Waals surface area contributed by atoms with Crippen molar-refractivity contribution in [3.8, 4) is 0 Å². The van der Waals surface area contributed by atoms with Gasteiger partial charge in [0.2, 0.25) is 5.91 Å². The third-order valence-corrected chi connectivity index (χ3v) is 4.60. The summed E-state index contributed by atoms with van der Waals surface area (Å²) in [5.41, 5.74) is -0.435. The van der Waals surface area contributed by atoms with Gasteiger partial charge in [-0.1, -0.05) is 6.58 Å². The van der Waals surface area contributed by atoms with Crippen LogP contribution < -0.4 is 5.32 Å². The Morgan fingerprint density at radius 3 is 2.72 bits per heavy atom. The molecule has 4 heterocycles. The highest BCUT2D eigenvalue weighted by molar-refractivity contribution is 6.03. The largest absolute Gasteiger partial charge is 0.416 e. The Bertz CT molecular complexity index is 1110. The molecule has 0 bridgehead atoms. The minimum Gasteiger partial charge on any atom is -0.335 e. The fourth-order valence-corrected chi connectivity index (χ4v) is 3.00. The van der Waals surface area contributed by atoms with Crippen molar-refractivity contribution in [2.75, 3.05) is 18.4 Å². The van der Waals surface area contributed by atoms with Gasteiger partial charge in [0, 0.05) is 31.7 Å². The van der Waals surface area contributed by atoms with Gasteiger partial charge in [0.25, 0.3) is 5.91 Å². The SMILES string of the molecule is C=CC(=O)N1CC(n2cc(NC(=O)c3cn4ccc(C(F)(F)F)cc4n3)cn2)C1. The molecule has 0 atom stereocenters. The lowest BCUT2D eigenvalue weighted by atomic mass is 10.1. The van der Waals surface area contributed by atoms with E-state index in [0.717, 1.165) is 12.1 Å². The lowest BCUT2D eigenvalue weighted by molar-refractivity contribution is -0.137. The Kier molecular flexibility index (Phi) is 4.36. The van der Waals surface area contributed by atoms with Crippen molar-refractivity contribution >= 4 is 23.1 Å². The second-order valence-corrected chi connectivity index (χ2v) is 6.57. The number of hydrogen-bond acceptors (Lipinski definition) is 4. The van der Waals surface area contributed by atoms with Crippen molar-refractivity contribution in [2.24, 2.45) is 0 Å². The zero-order valence-corrected chi connectivity index (χ0v) is 14.9. The van der Waals surface area contributed by atoms with E-state index >= 15 is 0 Å². The number of halogens is 3. The summed E-state index contributed by atoms with van der Waals surface area (Å²) in [6.45, 7) is 4.42. The van der Waals surface area contributed by atoms with Gasteiger partial charge in [-0.25, -0.2) is 4.98 Å². The number of nitrogens with one attached hydrogen (secondary N) is 1. The average Bonchev–Trinajstić information content (AvgIpc) is 3.25. The number of imidazole rings is 1. The van der Waals surface area contributed by atoms with E-state index in [4.69, 9.17) is 0 Å². The van der Waals surface area contributed by atoms with Crippen molar-refractivity contribution in [3.05, 3.63) is 60.8 Å². The van der Waals surface area contributed by atoms with Crippen LogP contribution in [-0.4, -0.2) is 49.0 Å². The molecule has 1 N–H and O–H groups in total. The van der Waals surface area contributed by atoms with E-state index in [1.54, 1.807) is 15.8 Å². The summed E-state index contributed by atoms with van der Waals surface area (Å²) in [5.74, 6) is -0.721. The number of carbonyl (C=O) groups excluding carboxylic acids is 2. The van der Waals surface area contributed by atoms with Gasteiger partial charge in [0.05, 0.1) is 23.5 Å². The van der Waals surface area contributed by atoms with Crippen molar-refractivity contribution in [2.45, 2.75) is 12.2 Å². The molecule has 8 nitrogen and oxygen atoms in total. The van der Waals surface area contributed by atoms with Gasteiger partial charge >= 0.3 is 6.18 Å². The first-order valence-corrected chi connectivity index (χ1v) is 8.57. The minimum atomic E-state index is -4.49. The summed E-state index contributed by atoms with van der Waals surface area (Å²) in [4.78, 5) is 29.5. The zero-order chi connectivity index (χ0) is 20.8. The van der Waals surface area contributed by atoms with E-state index in [-0.39, 0.29) is 23.3 Å². The van der Waals surface area contributed by atoms with Crippen molar-refractivity contribution in [1.82, 2.24) is 24.1 Å². The lowest BCUT2D eigenvalue weighted by Crippen LogP contribution is -2.50. The number of alkyl halides is 3. The third kappa shape index (κ3) is 3.58. The van der Waals surface area contributed by atoms with Crippen LogP contribution in [0.1, 0.15) is 22.1 Å². The van der Waals surface area contributed by atoms with E-state index in [1.807, 2.05) is 0 Å². The predicted molar refractivity (Wildman–Crippen MR) is 96.2 cm³/mol. The molecule has 3 aromatic heterocycles. The average molecular weight is 404 g/mol. The molecule has 29 heavy (non-hydrogen) atoms. The van der Waals surface area contributed by atoms with E-state index in [9.17, 15) is 22.8 Å². The van der Waals surface area contributed by atoms with Crippen LogP contribution in [-0.2, 0) is 11.0 Å². The highest BCUT2D eigenvalue weighted by Crippen LogP contribution is 2.29. The van der Waals surface area contributed by atoms with Gasteiger partial charge < -0.3 is 14.6 Å². The second kappa shape index (κ2) is 6.76. The van der Waals surface area contributed by atoms with Crippen LogP contribution in [0.5, 0.6) is 0 Å². The molecule has 0 saturated carbocycles. The van der Waals surface area contributed by atoms with Crippen LogP contribution in [0.25, 0.3) is 5.65 Å². The summed E-state index contributed by atoms with van der Waals surface area (Å²) < 4.78 is 41.4. The standard InChI is InChI=1S/C18H15F3N6O2/c1-2-16(28)26-8-13(9-26)27-7-12(6-22-27)23-17(29)14-10-25-4-3-11(18(19,20)21)5-15(25)24-14/h2-7,10,13H,1,8-9H2,(H,23,29). The van der Waals surface area contributed by atoms with E-state index in [1.165, 1.54) is 29.1 Å². The number of amides is 2. The van der Waals surface area contributed by atoms with Crippen LogP contribution in [0.4, 0.5) is 18.9 Å². The molecular formula is C18H15F3N6O2. The molecule has 0 unspecified atom stereocenters. The lowest BCUT2D eigenvalue weighted by Gasteiger charge is -2.38. The molecule has 1 aliphatic heterocycles. The Morgan fingerprint density at radius 2 is 2.03 bits per heavy atom. The molecule has 2 amide bonds. The number of nitrogens with zero attached hydrogens (tertiary/aromatic N) is 5. The number of aromatic nitrogens is 4. The number of rotatable bonds is 4. The summed E-state index contributed by atoms with van der Waals surface area (Å²) in [7, 11) is 0. The van der Waals surface area contributed by atoms with Gasteiger partial charge in [-0.05, 0) is 18.2 Å². The number of carbonyl (C=O) groups is 2. The van der Waals surface area contributed by atoms with E-state index in [2.05, 4.69) is 22.0 Å². The first kappa shape index (κ1) is 18.7. The van der Waals surface area contributed by atoms with Crippen LogP contribution >= 0.6 is 0 Å². The van der Waals surface area contributed by atoms with Gasteiger partial charge in [0.1, 0.15) is 11.3 Å². The fourth-order valence-electron chi connectivity index (χ4n) is 3.00. The predicted octanol–water partition coefficient (Wildman–Crippen LogP) is 2.37. The Labute approximate surface area is 162 Å². The van der Waals surface area contributed by atoms with Gasteiger partial charge in [0.15, 0.2) is 0 Å². The topological polar surface area (TPSA) is 84.5 Å². The zero-order valence-electron chi connectivity index (χ0n) is 14.9. The molecular weight excluding hydrogens is 389 g/mol. The third-order valence-electron chi connectivity index (χ3n) is 4.60. The van der Waals surface area contributed by atoms with Crippen LogP contribution in [0.2, 0.25) is 0 Å². The molecule has 1 aliphatic rings. The highest BCUT2D eigenvalue weighted by atomic mass is 19.4. The van der Waals surface area contributed by atoms with E-state index in [0.29, 0.717) is 18.8 Å². The van der Waals surface area contributed by atoms with E-state index < -0.39 is 17.6 Å². The molecule has 1 fully saturated rings. The maximum atomic E-state index is 12.8. The second-order valence-electron chi connectivity index (χ2n) is 6.57. The first-order valence-electron chi connectivity index (χ1n) is 8.57. The Morgan fingerprint density at radius 1 is 1.28 bits per heavy atom. The Hall–Kier alpha value is -3.63. The summed E-state index contributed by atoms with van der Waals surface area (Å²) in [5, 5.41) is 6.79. The van der Waals surface area contributed by atoms with Gasteiger partial charge in [-0.15, -0.1) is 0 Å². The summed E-state index contributed by atoms with van der Waals surface area (Å²) in [6, 6.07) is 1.79. The molecule has 1 saturated heterocycles. The van der Waals surface area contributed by atoms with Crippen LogP contribution in [0, 0.1) is 0 Å². The van der Waals surface area contributed by atoms with Crippen LogP contribution in [0.15, 0.2) is 49.6 Å². The molecule has 150 valence electrons. The number of fused-ring (bicyclic) bond motifs is 1. The molecule has 0 aliphatic carbocycles. The molecule has 11 heteroatoms. The molecule has 0 radical (unpaired) electrons. The molecule has 4 rings (SSSR count). The number of likely N-dealkylation sites (tertiary alicyclic amines) is 1. The summed E-state index contributed by atoms with van der Waals surface area (Å²) >= 11 is 0. The highest BCUT2D eigenvalue weighted by Gasteiger charge is 2.32. The molecule has 0 spiro atoms. The van der Waals surface area contributed by atoms with Crippen molar-refractivity contribution in [1.29, 1.82) is 0 Å². The van der Waals surface area contributed by atoms with Crippen LogP contribution in [0.3, 0.4) is 0 Å². The van der Waals surface area contributed by atoms with Gasteiger partial charge in [-0.2, -0.15) is 18.3 Å². The maximum Gasteiger partial charge on any atom is 0.416 e. The Balaban J connectivity index is 1.44. The summed E-state index contributed by atoms with van der Waals surface area (Å²) in [6.07, 6.45) is 2.38. The quantitative estimate of drug-likeness (QED) is 0.677. The first-order chi connectivity index (χ1) is 13.7. The molecule has 0 aromatic carbocycles. The minimum absolute atomic E-state index is 0.000496. The number of pyridine rings is 1. The number of hydrogen-bond donors (Lipinski definition) is 1. The van der Waals surface area contributed by atoms with Crippen molar-refractivity contribution in [3.63, 3.8) is 0 Å².